The molecule has 26 heavy (non-hydrogen) atoms. The molecule has 0 atom stereocenters. The Morgan fingerprint density at radius 2 is 1.27 bits per heavy atom. The Kier molecular flexibility index (Phi) is 6.72. The SMILES string of the molecule is CCCCc1[c]c2cc3ccccc3cc2c(CCCC)c1CCCC. The first-order valence-corrected chi connectivity index (χ1v) is 10.7. The van der Waals surface area contributed by atoms with E-state index in [-0.39, 0.29) is 0 Å². The quantitative estimate of drug-likeness (QED) is 0.347. The predicted octanol–water partition coefficient (Wildman–Crippen LogP) is 7.82. The van der Waals surface area contributed by atoms with E-state index in [1.54, 1.807) is 11.1 Å². The molecule has 0 nitrogen and oxygen atoms in total. The van der Waals surface area contributed by atoms with Crippen molar-refractivity contribution in [2.45, 2.75) is 78.6 Å². The van der Waals surface area contributed by atoms with Gasteiger partial charge in [0.25, 0.3) is 0 Å². The average Bonchev–Trinajstić information content (AvgIpc) is 2.67. The molecule has 0 fully saturated rings. The fourth-order valence-corrected chi connectivity index (χ4v) is 4.04. The maximum atomic E-state index is 3.85. The second-order valence-corrected chi connectivity index (χ2v) is 7.62. The van der Waals surface area contributed by atoms with Crippen molar-refractivity contribution >= 4 is 21.5 Å². The predicted molar refractivity (Wildman–Crippen MR) is 116 cm³/mol. The lowest BCUT2D eigenvalue weighted by Gasteiger charge is -2.19. The largest absolute Gasteiger partial charge is 0.0654 e. The highest BCUT2D eigenvalue weighted by molar-refractivity contribution is 6.00. The number of hydrogen-bond donors (Lipinski definition) is 0. The summed E-state index contributed by atoms with van der Waals surface area (Å²) in [6, 6.07) is 17.4. The molecule has 3 rings (SSSR count). The number of rotatable bonds is 9. The van der Waals surface area contributed by atoms with E-state index in [1.165, 1.54) is 84.9 Å². The third kappa shape index (κ3) is 4.11. The van der Waals surface area contributed by atoms with Gasteiger partial charge >= 0.3 is 0 Å². The lowest BCUT2D eigenvalue weighted by Crippen LogP contribution is -2.03. The number of unbranched alkanes of at least 4 members (excludes halogenated alkanes) is 3. The minimum absolute atomic E-state index is 1.18. The standard InChI is InChI=1S/C26H33/c1-4-7-12-22-18-23-17-20-13-10-11-14-21(20)19-26(23)25(16-9-6-3)24(22)15-8-5-2/h10-11,13-14,17,19H,4-9,12,15-16H2,1-3H3. The van der Waals surface area contributed by atoms with E-state index in [4.69, 9.17) is 0 Å². The molecule has 0 saturated heterocycles. The van der Waals surface area contributed by atoms with Crippen LogP contribution in [0.15, 0.2) is 36.4 Å². The van der Waals surface area contributed by atoms with Crippen molar-refractivity contribution in [3.63, 3.8) is 0 Å². The van der Waals surface area contributed by atoms with E-state index in [2.05, 4.69) is 63.2 Å². The van der Waals surface area contributed by atoms with Gasteiger partial charge in [0.05, 0.1) is 0 Å². The van der Waals surface area contributed by atoms with Crippen LogP contribution in [0.4, 0.5) is 0 Å². The third-order valence-corrected chi connectivity index (χ3v) is 5.57. The van der Waals surface area contributed by atoms with Crippen LogP contribution in [-0.4, -0.2) is 0 Å². The summed E-state index contributed by atoms with van der Waals surface area (Å²) in [7, 11) is 0. The summed E-state index contributed by atoms with van der Waals surface area (Å²) in [5, 5.41) is 5.46. The molecule has 0 saturated carbocycles. The van der Waals surface area contributed by atoms with Crippen molar-refractivity contribution in [3.05, 3.63) is 59.2 Å². The van der Waals surface area contributed by atoms with E-state index in [9.17, 15) is 0 Å². The van der Waals surface area contributed by atoms with Crippen molar-refractivity contribution in [1.82, 2.24) is 0 Å². The Balaban J connectivity index is 2.23. The highest BCUT2D eigenvalue weighted by Crippen LogP contribution is 2.32. The van der Waals surface area contributed by atoms with Gasteiger partial charge < -0.3 is 0 Å². The second kappa shape index (κ2) is 9.21. The van der Waals surface area contributed by atoms with Gasteiger partial charge in [-0.25, -0.2) is 0 Å². The van der Waals surface area contributed by atoms with Gasteiger partial charge in [0, 0.05) is 0 Å². The zero-order valence-corrected chi connectivity index (χ0v) is 16.8. The highest BCUT2D eigenvalue weighted by Gasteiger charge is 2.14. The Hall–Kier alpha value is -1.82. The Morgan fingerprint density at radius 1 is 0.692 bits per heavy atom. The van der Waals surface area contributed by atoms with Crippen LogP contribution in [0.3, 0.4) is 0 Å². The van der Waals surface area contributed by atoms with Crippen LogP contribution in [0.25, 0.3) is 21.5 Å². The molecule has 0 heteroatoms. The van der Waals surface area contributed by atoms with Gasteiger partial charge in [-0.3, -0.25) is 0 Å². The van der Waals surface area contributed by atoms with Crippen LogP contribution < -0.4 is 0 Å². The van der Waals surface area contributed by atoms with Crippen molar-refractivity contribution in [1.29, 1.82) is 0 Å². The zero-order valence-electron chi connectivity index (χ0n) is 16.8. The molecule has 0 N–H and O–H groups in total. The molecule has 0 bridgehead atoms. The van der Waals surface area contributed by atoms with Gasteiger partial charge in [0.15, 0.2) is 0 Å². The lowest BCUT2D eigenvalue weighted by atomic mass is 9.86. The van der Waals surface area contributed by atoms with Crippen molar-refractivity contribution in [2.75, 3.05) is 0 Å². The Bertz CT molecular complexity index is 857. The Morgan fingerprint density at radius 3 is 1.92 bits per heavy atom. The smallest absolute Gasteiger partial charge is 0.00610 e. The number of benzene rings is 3. The molecule has 0 aliphatic heterocycles. The van der Waals surface area contributed by atoms with Crippen LogP contribution >= 0.6 is 0 Å². The minimum atomic E-state index is 1.18. The fraction of sp³-hybridized carbons (Fsp3) is 0.462. The molecule has 137 valence electrons. The van der Waals surface area contributed by atoms with Crippen LogP contribution in [0.5, 0.6) is 0 Å². The van der Waals surface area contributed by atoms with Crippen LogP contribution in [0.1, 0.15) is 76.0 Å². The first kappa shape index (κ1) is 19.0. The summed E-state index contributed by atoms with van der Waals surface area (Å²) in [5.41, 5.74) is 4.73. The second-order valence-electron chi connectivity index (χ2n) is 7.62. The van der Waals surface area contributed by atoms with E-state index >= 15 is 0 Å². The maximum absolute atomic E-state index is 3.85. The van der Waals surface area contributed by atoms with Crippen LogP contribution in [0, 0.1) is 6.07 Å². The fourth-order valence-electron chi connectivity index (χ4n) is 4.04. The first-order valence-electron chi connectivity index (χ1n) is 10.7. The number of fused-ring (bicyclic) bond motifs is 2. The molecule has 3 aromatic carbocycles. The molecule has 0 unspecified atom stereocenters. The van der Waals surface area contributed by atoms with Gasteiger partial charge in [-0.1, -0.05) is 64.3 Å². The number of aryl methyl sites for hydroxylation is 2. The Labute approximate surface area is 159 Å². The summed E-state index contributed by atoms with van der Waals surface area (Å²) >= 11 is 0. The van der Waals surface area contributed by atoms with Crippen molar-refractivity contribution < 1.29 is 0 Å². The molecule has 1 radical (unpaired) electrons. The summed E-state index contributed by atoms with van der Waals surface area (Å²) < 4.78 is 0. The van der Waals surface area contributed by atoms with Crippen LogP contribution in [0.2, 0.25) is 0 Å². The lowest BCUT2D eigenvalue weighted by molar-refractivity contribution is 0.738. The van der Waals surface area contributed by atoms with E-state index in [0.29, 0.717) is 0 Å². The van der Waals surface area contributed by atoms with E-state index < -0.39 is 0 Å². The molecular weight excluding hydrogens is 312 g/mol. The van der Waals surface area contributed by atoms with Gasteiger partial charge in [-0.05, 0) is 95.0 Å². The molecule has 0 aromatic heterocycles. The van der Waals surface area contributed by atoms with Gasteiger partial charge in [-0.15, -0.1) is 0 Å². The monoisotopic (exact) mass is 345 g/mol. The van der Waals surface area contributed by atoms with Crippen LogP contribution in [-0.2, 0) is 19.3 Å². The molecule has 0 spiro atoms. The molecule has 3 aromatic rings. The molecule has 0 amide bonds. The van der Waals surface area contributed by atoms with Gasteiger partial charge in [0.1, 0.15) is 0 Å². The topological polar surface area (TPSA) is 0 Å². The van der Waals surface area contributed by atoms with Gasteiger partial charge in [0.2, 0.25) is 0 Å². The highest BCUT2D eigenvalue weighted by atomic mass is 14.2. The third-order valence-electron chi connectivity index (χ3n) is 5.57. The van der Waals surface area contributed by atoms with Crippen molar-refractivity contribution in [2.24, 2.45) is 0 Å². The minimum Gasteiger partial charge on any atom is -0.0654 e. The van der Waals surface area contributed by atoms with E-state index in [0.717, 1.165) is 0 Å². The summed E-state index contributed by atoms with van der Waals surface area (Å²) in [6.07, 6.45) is 11.2. The number of hydrogen-bond acceptors (Lipinski definition) is 0. The average molecular weight is 346 g/mol. The summed E-state index contributed by atoms with van der Waals surface area (Å²) in [6.45, 7) is 6.89. The summed E-state index contributed by atoms with van der Waals surface area (Å²) in [5.74, 6) is 0. The summed E-state index contributed by atoms with van der Waals surface area (Å²) in [4.78, 5) is 0. The molecule has 0 aliphatic rings. The normalized spacial score (nSPS) is 11.5. The molecular formula is C26H33. The molecule has 0 aliphatic carbocycles. The maximum Gasteiger partial charge on any atom is -0.00610 e. The first-order chi connectivity index (χ1) is 12.8. The molecule has 0 heterocycles. The van der Waals surface area contributed by atoms with Crippen molar-refractivity contribution in [3.8, 4) is 0 Å². The van der Waals surface area contributed by atoms with E-state index in [1.807, 2.05) is 0 Å². The zero-order chi connectivity index (χ0) is 18.4. The van der Waals surface area contributed by atoms with Gasteiger partial charge in [-0.2, -0.15) is 0 Å².